The summed E-state index contributed by atoms with van der Waals surface area (Å²) in [6, 6.07) is -2.53. The number of amides is 2. The smallest absolute Gasteiger partial charge is 0.550 e. The zero-order valence-corrected chi connectivity index (χ0v) is 17.4. The van der Waals surface area contributed by atoms with E-state index in [2.05, 4.69) is 0 Å². The molecule has 2 aliphatic heterocycles. The summed E-state index contributed by atoms with van der Waals surface area (Å²) in [5.41, 5.74) is 4.83. The number of nitrogens with two attached hydrogens (primary N) is 1. The van der Waals surface area contributed by atoms with Crippen molar-refractivity contribution in [1.82, 2.24) is 4.90 Å². The number of carbonyl (C=O) groups is 3. The van der Waals surface area contributed by atoms with Gasteiger partial charge in [-0.05, 0) is 25.9 Å². The normalized spacial score (nSPS) is 28.6. The third-order valence-electron chi connectivity index (χ3n) is 3.64. The van der Waals surface area contributed by atoms with Crippen molar-refractivity contribution >= 4 is 29.5 Å². The average Bonchev–Trinajstić information content (AvgIpc) is 2.69. The maximum Gasteiger partial charge on any atom is 1.00 e. The number of hydrogen-bond donors (Lipinski definition) is 1. The maximum absolute atomic E-state index is 11.3. The fourth-order valence-electron chi connectivity index (χ4n) is 2.26. The first-order chi connectivity index (χ1) is 14.2. The molecule has 0 radical (unpaired) electrons. The van der Waals surface area contributed by atoms with Crippen LogP contribution in [-0.4, -0.2) is 46.0 Å². The molecule has 0 aromatic heterocycles. The number of ether oxygens (including phenoxy) is 1. The van der Waals surface area contributed by atoms with Gasteiger partial charge in [-0.1, -0.05) is 18.1 Å². The van der Waals surface area contributed by atoms with E-state index in [9.17, 15) is 19.5 Å². The van der Waals surface area contributed by atoms with Gasteiger partial charge in [0.1, 0.15) is 5.75 Å². The standard InChI is InChI=1S/C9H13NO3S.C8H9NO2.Na/c1-9(2)5(8(12)13)4-10-6(11)3-7(10)14-9;9-8(10)6-11-7-4-2-1-3-5-7;/h5,7H,3-4H2,1-2H3,(H,12,13);1-5H,6H2,(H2,9,10);/q;;+1/p-1/t5-,7+;;/m0../s1/i3D;1D,2D,3D,4D,5D;/t3-,5-,7+;;. The number of carbonyl (C=O) groups excluding carboxylic acids is 3. The largest absolute Gasteiger partial charge is 1.00 e. The summed E-state index contributed by atoms with van der Waals surface area (Å²) >= 11 is 1.38. The minimum atomic E-state index is -1.12. The van der Waals surface area contributed by atoms with Gasteiger partial charge < -0.3 is 25.3 Å². The Morgan fingerprint density at radius 3 is 2.62 bits per heavy atom. The van der Waals surface area contributed by atoms with Gasteiger partial charge in [-0.25, -0.2) is 0 Å². The second kappa shape index (κ2) is 9.64. The van der Waals surface area contributed by atoms with Gasteiger partial charge in [-0.3, -0.25) is 9.59 Å². The minimum Gasteiger partial charge on any atom is -0.550 e. The van der Waals surface area contributed by atoms with Crippen molar-refractivity contribution in [2.24, 2.45) is 11.7 Å². The zero-order chi connectivity index (χ0) is 23.8. The number of carboxylic acids is 1. The predicted molar refractivity (Wildman–Crippen MR) is 91.4 cm³/mol. The van der Waals surface area contributed by atoms with E-state index in [0.717, 1.165) is 0 Å². The van der Waals surface area contributed by atoms with Crippen molar-refractivity contribution in [2.45, 2.75) is 30.4 Å². The Kier molecular flexibility index (Phi) is 5.48. The van der Waals surface area contributed by atoms with E-state index in [1.807, 2.05) is 13.8 Å². The summed E-state index contributed by atoms with van der Waals surface area (Å²) in [4.78, 5) is 34.2. The molecule has 2 fully saturated rings. The molecule has 2 aliphatic rings. The quantitative estimate of drug-likeness (QED) is 0.430. The van der Waals surface area contributed by atoms with Crippen molar-refractivity contribution in [3.63, 3.8) is 0 Å². The average molecular weight is 394 g/mol. The number of aliphatic carboxylic acids is 1. The van der Waals surface area contributed by atoms with Crippen molar-refractivity contribution in [2.75, 3.05) is 13.2 Å². The van der Waals surface area contributed by atoms with Crippen LogP contribution in [0.25, 0.3) is 0 Å². The van der Waals surface area contributed by atoms with Gasteiger partial charge in [0.15, 0.2) is 6.61 Å². The molecular weight excluding hydrogens is 367 g/mol. The SMILES string of the molecule is [2H][C@H]1C(=O)N2C[C@@H](C(=O)[O-])C(C)(C)S[C@H]12.[2H]c1c([2H])c([2H])c(OCC(N)=O)c([2H])c1[2H].[Na+]. The Morgan fingerprint density at radius 2 is 2.08 bits per heavy atom. The monoisotopic (exact) mass is 394 g/mol. The maximum atomic E-state index is 11.3. The van der Waals surface area contributed by atoms with E-state index in [0.29, 0.717) is 0 Å². The number of β-lactam (4-membered cyclic amide) rings is 1. The first kappa shape index (κ1) is 14.8. The van der Waals surface area contributed by atoms with Crippen molar-refractivity contribution in [3.8, 4) is 5.75 Å². The molecule has 0 saturated carbocycles. The van der Waals surface area contributed by atoms with Gasteiger partial charge in [0, 0.05) is 24.5 Å². The number of rotatable bonds is 4. The summed E-state index contributed by atoms with van der Waals surface area (Å²) in [6.07, 6.45) is -0.725. The third kappa shape index (κ3) is 5.90. The van der Waals surface area contributed by atoms with Gasteiger partial charge >= 0.3 is 29.6 Å². The molecule has 1 aromatic carbocycles. The molecule has 3 rings (SSSR count). The summed E-state index contributed by atoms with van der Waals surface area (Å²) < 4.78 is 48.6. The third-order valence-corrected chi connectivity index (χ3v) is 5.16. The van der Waals surface area contributed by atoms with Crippen LogP contribution in [0.15, 0.2) is 30.2 Å². The van der Waals surface area contributed by atoms with E-state index in [1.165, 1.54) is 16.7 Å². The molecule has 3 atom stereocenters. The Labute approximate surface area is 187 Å². The van der Waals surface area contributed by atoms with Crippen LogP contribution in [0.5, 0.6) is 5.75 Å². The molecule has 2 amide bonds. The Bertz CT molecular complexity index is 908. The zero-order valence-electron chi connectivity index (χ0n) is 20.6. The van der Waals surface area contributed by atoms with Crippen molar-refractivity contribution in [3.05, 3.63) is 30.2 Å². The molecule has 0 spiro atoms. The van der Waals surface area contributed by atoms with Crippen LogP contribution in [0.4, 0.5) is 0 Å². The minimum absolute atomic E-state index is 0. The number of nitrogens with zero attached hydrogens (tertiary/aromatic N) is 1. The molecule has 0 bridgehead atoms. The van der Waals surface area contributed by atoms with Gasteiger partial charge in [-0.15, -0.1) is 11.8 Å². The summed E-state index contributed by atoms with van der Waals surface area (Å²) in [5, 5.41) is 10.7. The number of thioether (sulfide) groups is 1. The molecule has 2 saturated heterocycles. The summed E-state index contributed by atoms with van der Waals surface area (Å²) in [5.74, 6) is -3.20. The van der Waals surface area contributed by atoms with E-state index >= 15 is 0 Å². The van der Waals surface area contributed by atoms with Gasteiger partial charge in [0.2, 0.25) is 5.91 Å². The van der Waals surface area contributed by atoms with E-state index < -0.39 is 65.8 Å². The first-order valence-electron chi connectivity index (χ1n) is 10.4. The van der Waals surface area contributed by atoms with Crippen LogP contribution in [0.1, 0.15) is 28.5 Å². The van der Waals surface area contributed by atoms with Crippen LogP contribution >= 0.6 is 11.8 Å². The van der Waals surface area contributed by atoms with Gasteiger partial charge in [-0.2, -0.15) is 0 Å². The number of fused-ring (bicyclic) bond motifs is 1. The Morgan fingerprint density at radius 1 is 1.46 bits per heavy atom. The molecule has 2 heterocycles. The molecule has 9 heteroatoms. The molecule has 1 aromatic rings. The topological polar surface area (TPSA) is 113 Å². The number of para-hydroxylation sites is 1. The van der Waals surface area contributed by atoms with E-state index in [1.54, 1.807) is 0 Å². The molecule has 7 nitrogen and oxygen atoms in total. The second-order valence-corrected chi connectivity index (χ2v) is 7.62. The van der Waals surface area contributed by atoms with E-state index in [4.69, 9.17) is 18.7 Å². The number of benzene rings is 1. The fraction of sp³-hybridized carbons (Fsp3) is 0.471. The number of carboxylic acid groups (broad SMARTS) is 1. The van der Waals surface area contributed by atoms with Crippen LogP contribution in [-0.2, 0) is 14.4 Å². The predicted octanol–water partition coefficient (Wildman–Crippen LogP) is -3.01. The number of primary amides is 1. The van der Waals surface area contributed by atoms with Crippen LogP contribution in [0.2, 0.25) is 0 Å². The first-order valence-corrected chi connectivity index (χ1v) is 8.18. The van der Waals surface area contributed by atoms with Crippen molar-refractivity contribution in [1.29, 1.82) is 0 Å². The molecule has 0 aliphatic carbocycles. The molecule has 0 unspecified atom stereocenters. The Hall–Kier alpha value is -1.22. The number of hydrogen-bond acceptors (Lipinski definition) is 6. The Balaban J connectivity index is 0.000000311. The molecule has 26 heavy (non-hydrogen) atoms. The molecule has 2 N–H and O–H groups in total. The molecule has 136 valence electrons. The summed E-state index contributed by atoms with van der Waals surface area (Å²) in [6.45, 7) is 3.30. The van der Waals surface area contributed by atoms with Gasteiger partial charge in [0.05, 0.1) is 18.6 Å². The fourth-order valence-corrected chi connectivity index (χ4v) is 3.72. The molecular formula is C17H21N2NaO5S. The van der Waals surface area contributed by atoms with E-state index in [-0.39, 0.29) is 53.1 Å². The van der Waals surface area contributed by atoms with Gasteiger partial charge in [0.25, 0.3) is 5.91 Å². The van der Waals surface area contributed by atoms with Crippen molar-refractivity contribution < 1.29 is 62.0 Å². The van der Waals surface area contributed by atoms with Crippen LogP contribution in [0.3, 0.4) is 0 Å². The van der Waals surface area contributed by atoms with Crippen LogP contribution in [0, 0.1) is 5.92 Å². The second-order valence-electron chi connectivity index (χ2n) is 5.85. The summed E-state index contributed by atoms with van der Waals surface area (Å²) in [7, 11) is 0. The van der Waals surface area contributed by atoms with Crippen LogP contribution < -0.4 is 45.1 Å².